The van der Waals surface area contributed by atoms with Gasteiger partial charge in [-0.2, -0.15) is 0 Å². The summed E-state index contributed by atoms with van der Waals surface area (Å²) in [7, 11) is 2.07. The number of rotatable bonds is 10. The van der Waals surface area contributed by atoms with E-state index in [1.54, 1.807) is 43.5 Å². The summed E-state index contributed by atoms with van der Waals surface area (Å²) in [5, 5.41) is 5.30. The van der Waals surface area contributed by atoms with E-state index < -0.39 is 10.0 Å². The highest BCUT2D eigenvalue weighted by Gasteiger charge is 2.21. The maximum Gasteiger partial charge on any atom is 0.267 e. The summed E-state index contributed by atoms with van der Waals surface area (Å²) in [6, 6.07) is 10.1. The van der Waals surface area contributed by atoms with E-state index in [1.807, 2.05) is 0 Å². The summed E-state index contributed by atoms with van der Waals surface area (Å²) in [5.41, 5.74) is 1.43. The molecule has 2 rings (SSSR count). The van der Waals surface area contributed by atoms with E-state index in [2.05, 4.69) is 15.4 Å². The van der Waals surface area contributed by atoms with E-state index in [4.69, 9.17) is 26.4 Å². The molecule has 0 aliphatic carbocycles. The summed E-state index contributed by atoms with van der Waals surface area (Å²) in [6.45, 7) is 0.303. The Hall–Kier alpha value is -3.31. The van der Waals surface area contributed by atoms with Gasteiger partial charge in [-0.15, -0.1) is 0 Å². The lowest BCUT2D eigenvalue weighted by Gasteiger charge is -2.13. The van der Waals surface area contributed by atoms with Gasteiger partial charge in [-0.3, -0.25) is 9.52 Å². The number of methoxy groups -OCH3 is 3. The number of carbonyl (C=O) groups is 1. The fraction of sp³-hybridized carbons (Fsp3) is 0.273. The first kappa shape index (κ1) is 25.9. The van der Waals surface area contributed by atoms with E-state index >= 15 is 0 Å². The summed E-state index contributed by atoms with van der Waals surface area (Å²) < 4.78 is 43.1. The Labute approximate surface area is 199 Å². The van der Waals surface area contributed by atoms with Crippen molar-refractivity contribution in [3.05, 3.63) is 53.6 Å². The number of hydrogen-bond acceptors (Lipinski definition) is 7. The number of ether oxygens (including phenoxy) is 3. The molecule has 2 aromatic carbocycles. The second-order valence-electron chi connectivity index (χ2n) is 6.65. The Kier molecular flexibility index (Phi) is 9.49. The molecule has 0 heterocycles. The molecular formula is C22H27N3O6S2. The fourth-order valence-corrected chi connectivity index (χ4v) is 4.33. The molecule has 0 fully saturated rings. The lowest BCUT2D eigenvalue weighted by atomic mass is 10.1. The number of carbonyl (C=O) groups excluding carboxylic acids is 1. The highest BCUT2D eigenvalue weighted by Crippen LogP contribution is 2.26. The number of hydrogen-bond donors (Lipinski definition) is 3. The quantitative estimate of drug-likeness (QED) is 0.340. The van der Waals surface area contributed by atoms with Gasteiger partial charge >= 0.3 is 0 Å². The Morgan fingerprint density at radius 1 is 1.03 bits per heavy atom. The zero-order valence-corrected chi connectivity index (χ0v) is 20.4. The summed E-state index contributed by atoms with van der Waals surface area (Å²) in [5.74, 6) is 1.12. The maximum atomic E-state index is 12.6. The van der Waals surface area contributed by atoms with Crippen molar-refractivity contribution in [3.63, 3.8) is 0 Å². The first-order valence-electron chi connectivity index (χ1n) is 9.83. The Balaban J connectivity index is 2.03. The Morgan fingerprint density at radius 2 is 1.76 bits per heavy atom. The molecule has 0 unspecified atom stereocenters. The summed E-state index contributed by atoms with van der Waals surface area (Å²) in [4.78, 5) is 12.2. The molecular weight excluding hydrogens is 466 g/mol. The van der Waals surface area contributed by atoms with Gasteiger partial charge in [0.25, 0.3) is 10.0 Å². The van der Waals surface area contributed by atoms with Crippen molar-refractivity contribution >= 4 is 39.3 Å². The molecule has 0 aliphatic heterocycles. The monoisotopic (exact) mass is 493 g/mol. The molecule has 0 bridgehead atoms. The minimum Gasteiger partial charge on any atom is -0.497 e. The molecule has 1 amide bonds. The second-order valence-corrected chi connectivity index (χ2v) is 8.71. The van der Waals surface area contributed by atoms with Crippen LogP contribution in [0.4, 0.5) is 0 Å². The van der Waals surface area contributed by atoms with Crippen LogP contribution in [0, 0.1) is 0 Å². The van der Waals surface area contributed by atoms with E-state index in [0.717, 1.165) is 5.56 Å². The highest BCUT2D eigenvalue weighted by atomic mass is 32.2. The van der Waals surface area contributed by atoms with E-state index in [0.29, 0.717) is 30.0 Å². The van der Waals surface area contributed by atoms with Crippen LogP contribution < -0.4 is 29.6 Å². The van der Waals surface area contributed by atoms with Gasteiger partial charge in [0.15, 0.2) is 5.11 Å². The molecule has 0 aliphatic rings. The minimum absolute atomic E-state index is 0.0324. The smallest absolute Gasteiger partial charge is 0.267 e. The standard InChI is InChI=1S/C22H27N3O6S2/c1-23-22(32)25-33(27,28)20-13-15(5-9-18(20)30-3)11-12-24-21(26)10-7-16-6-8-17(29-2)14-19(16)31-4/h5-10,13-14H,11-12H2,1-4H3,(H,24,26)(H2,23,25,32)/b10-7+. The molecule has 178 valence electrons. The van der Waals surface area contributed by atoms with Crippen LogP contribution >= 0.6 is 12.2 Å². The lowest BCUT2D eigenvalue weighted by Crippen LogP contribution is -2.37. The van der Waals surface area contributed by atoms with Gasteiger partial charge in [0.1, 0.15) is 22.1 Å². The SMILES string of the molecule is CNC(=S)NS(=O)(=O)c1cc(CCNC(=O)/C=C/c2ccc(OC)cc2OC)ccc1OC. The zero-order chi connectivity index (χ0) is 24.4. The van der Waals surface area contributed by atoms with Crippen molar-refractivity contribution < 1.29 is 27.4 Å². The number of sulfonamides is 1. The summed E-state index contributed by atoms with van der Waals surface area (Å²) >= 11 is 4.89. The zero-order valence-electron chi connectivity index (χ0n) is 18.8. The normalized spacial score (nSPS) is 11.0. The summed E-state index contributed by atoms with van der Waals surface area (Å²) in [6.07, 6.45) is 3.45. The van der Waals surface area contributed by atoms with Gasteiger partial charge in [0, 0.05) is 31.3 Å². The third-order valence-electron chi connectivity index (χ3n) is 4.54. The first-order valence-corrected chi connectivity index (χ1v) is 11.7. The van der Waals surface area contributed by atoms with Crippen molar-refractivity contribution in [1.82, 2.24) is 15.4 Å². The fourth-order valence-electron chi connectivity index (χ4n) is 2.83. The largest absolute Gasteiger partial charge is 0.497 e. The number of nitrogens with one attached hydrogen (secondary N) is 3. The van der Waals surface area contributed by atoms with Gasteiger partial charge in [0.05, 0.1) is 21.3 Å². The van der Waals surface area contributed by atoms with Crippen molar-refractivity contribution in [2.24, 2.45) is 0 Å². The topological polar surface area (TPSA) is 115 Å². The van der Waals surface area contributed by atoms with E-state index in [9.17, 15) is 13.2 Å². The van der Waals surface area contributed by atoms with Gasteiger partial charge in [-0.25, -0.2) is 8.42 Å². The van der Waals surface area contributed by atoms with Gasteiger partial charge in [-0.05, 0) is 54.5 Å². The third kappa shape index (κ3) is 7.36. The number of thiocarbonyl (C=S) groups is 1. The van der Waals surface area contributed by atoms with Crippen molar-refractivity contribution in [2.75, 3.05) is 34.9 Å². The molecule has 0 spiro atoms. The minimum atomic E-state index is -3.93. The molecule has 3 N–H and O–H groups in total. The van der Waals surface area contributed by atoms with Crippen molar-refractivity contribution in [1.29, 1.82) is 0 Å². The van der Waals surface area contributed by atoms with Gasteiger partial charge in [-0.1, -0.05) is 6.07 Å². The van der Waals surface area contributed by atoms with Crippen LogP contribution in [0.15, 0.2) is 47.4 Å². The molecule has 0 radical (unpaired) electrons. The van der Waals surface area contributed by atoms with Crippen LogP contribution in [-0.4, -0.2) is 54.4 Å². The second kappa shape index (κ2) is 12.1. The third-order valence-corrected chi connectivity index (χ3v) is 6.35. The number of benzene rings is 2. The molecule has 9 nitrogen and oxygen atoms in total. The van der Waals surface area contributed by atoms with Gasteiger partial charge < -0.3 is 24.8 Å². The maximum absolute atomic E-state index is 12.6. The molecule has 0 saturated carbocycles. The van der Waals surface area contributed by atoms with Crippen LogP contribution in [0.5, 0.6) is 17.2 Å². The van der Waals surface area contributed by atoms with Crippen LogP contribution in [0.1, 0.15) is 11.1 Å². The van der Waals surface area contributed by atoms with Crippen LogP contribution in [-0.2, 0) is 21.2 Å². The molecule has 11 heteroatoms. The Morgan fingerprint density at radius 3 is 2.39 bits per heavy atom. The van der Waals surface area contributed by atoms with Crippen molar-refractivity contribution in [2.45, 2.75) is 11.3 Å². The van der Waals surface area contributed by atoms with Crippen LogP contribution in [0.25, 0.3) is 6.08 Å². The van der Waals surface area contributed by atoms with E-state index in [-0.39, 0.29) is 21.7 Å². The van der Waals surface area contributed by atoms with Gasteiger partial charge in [0.2, 0.25) is 5.91 Å². The molecule has 0 aromatic heterocycles. The van der Waals surface area contributed by atoms with Crippen LogP contribution in [0.2, 0.25) is 0 Å². The predicted molar refractivity (Wildman–Crippen MR) is 130 cm³/mol. The average Bonchev–Trinajstić information content (AvgIpc) is 2.82. The molecule has 2 aromatic rings. The molecule has 0 saturated heterocycles. The van der Waals surface area contributed by atoms with Crippen molar-refractivity contribution in [3.8, 4) is 17.2 Å². The predicted octanol–water partition coefficient (Wildman–Crippen LogP) is 1.87. The lowest BCUT2D eigenvalue weighted by molar-refractivity contribution is -0.116. The van der Waals surface area contributed by atoms with Crippen LogP contribution in [0.3, 0.4) is 0 Å². The number of amides is 1. The first-order chi connectivity index (χ1) is 15.7. The molecule has 33 heavy (non-hydrogen) atoms. The van der Waals surface area contributed by atoms with E-state index in [1.165, 1.54) is 33.4 Å². The average molecular weight is 494 g/mol. The molecule has 0 atom stereocenters. The highest BCUT2D eigenvalue weighted by molar-refractivity contribution is 7.92. The Bertz CT molecular complexity index is 1130.